The number of thiophene rings is 1. The van der Waals surface area contributed by atoms with E-state index in [0.717, 1.165) is 15.8 Å². The van der Waals surface area contributed by atoms with Gasteiger partial charge in [0.25, 0.3) is 5.91 Å². The first-order valence-corrected chi connectivity index (χ1v) is 7.24. The van der Waals surface area contributed by atoms with Gasteiger partial charge in [-0.25, -0.2) is 0 Å². The fourth-order valence-electron chi connectivity index (χ4n) is 2.19. The molecule has 4 N–H and O–H groups in total. The van der Waals surface area contributed by atoms with Gasteiger partial charge in [0.05, 0.1) is 17.2 Å². The van der Waals surface area contributed by atoms with Crippen molar-refractivity contribution in [2.45, 2.75) is 13.0 Å². The van der Waals surface area contributed by atoms with E-state index in [4.69, 9.17) is 5.73 Å². The summed E-state index contributed by atoms with van der Waals surface area (Å²) < 4.78 is 0. The number of fused-ring (bicyclic) bond motifs is 1. The highest BCUT2D eigenvalue weighted by Crippen LogP contribution is 2.22. The molecule has 1 unspecified atom stereocenters. The summed E-state index contributed by atoms with van der Waals surface area (Å²) in [6.07, 6.45) is 0. The van der Waals surface area contributed by atoms with E-state index in [9.17, 15) is 4.79 Å². The average Bonchev–Trinajstić information content (AvgIpc) is 3.08. The third-order valence-corrected chi connectivity index (χ3v) is 4.31. The molecule has 20 heavy (non-hydrogen) atoms. The number of amides is 1. The number of aromatic nitrogens is 1. The predicted octanol–water partition coefficient (Wildman–Crippen LogP) is 3.30. The highest BCUT2D eigenvalue weighted by atomic mass is 32.1. The van der Waals surface area contributed by atoms with Gasteiger partial charge in [0.1, 0.15) is 5.69 Å². The molecule has 1 amide bonds. The van der Waals surface area contributed by atoms with Crippen molar-refractivity contribution in [1.29, 1.82) is 0 Å². The normalized spacial score (nSPS) is 12.4. The smallest absolute Gasteiger partial charge is 0.268 e. The lowest BCUT2D eigenvalue weighted by Gasteiger charge is -2.11. The van der Waals surface area contributed by atoms with E-state index < -0.39 is 0 Å². The fourth-order valence-corrected chi connectivity index (χ4v) is 2.92. The largest absolute Gasteiger partial charge is 0.397 e. The Kier molecular flexibility index (Phi) is 3.20. The van der Waals surface area contributed by atoms with E-state index in [1.807, 2.05) is 48.7 Å². The van der Waals surface area contributed by atoms with Crippen molar-refractivity contribution < 1.29 is 4.79 Å². The number of benzene rings is 1. The van der Waals surface area contributed by atoms with Crippen LogP contribution < -0.4 is 11.1 Å². The van der Waals surface area contributed by atoms with E-state index in [0.29, 0.717) is 11.4 Å². The first kappa shape index (κ1) is 12.7. The lowest BCUT2D eigenvalue weighted by atomic mass is 10.2. The molecule has 4 nitrogen and oxygen atoms in total. The fraction of sp³-hybridized carbons (Fsp3) is 0.133. The molecule has 1 aromatic carbocycles. The van der Waals surface area contributed by atoms with Crippen LogP contribution in [0.2, 0.25) is 0 Å². The number of hydrogen-bond acceptors (Lipinski definition) is 3. The maximum atomic E-state index is 12.3. The Morgan fingerprint density at radius 1 is 1.35 bits per heavy atom. The molecule has 102 valence electrons. The van der Waals surface area contributed by atoms with Crippen LogP contribution in [0.3, 0.4) is 0 Å². The van der Waals surface area contributed by atoms with Crippen LogP contribution in [0, 0.1) is 0 Å². The Balaban J connectivity index is 1.84. The molecule has 2 aromatic heterocycles. The first-order valence-electron chi connectivity index (χ1n) is 6.36. The summed E-state index contributed by atoms with van der Waals surface area (Å²) in [5.74, 6) is -0.124. The van der Waals surface area contributed by atoms with Crippen LogP contribution in [0.4, 0.5) is 5.69 Å². The van der Waals surface area contributed by atoms with Gasteiger partial charge >= 0.3 is 0 Å². The molecule has 0 saturated carbocycles. The Labute approximate surface area is 120 Å². The van der Waals surface area contributed by atoms with Crippen LogP contribution in [-0.4, -0.2) is 10.9 Å². The molecular weight excluding hydrogens is 270 g/mol. The number of para-hydroxylation sites is 1. The number of nitrogen functional groups attached to an aromatic ring is 1. The summed E-state index contributed by atoms with van der Waals surface area (Å²) in [5, 5.41) is 5.92. The Morgan fingerprint density at radius 2 is 2.20 bits per heavy atom. The van der Waals surface area contributed by atoms with Crippen molar-refractivity contribution in [1.82, 2.24) is 10.3 Å². The molecule has 2 heterocycles. The van der Waals surface area contributed by atoms with E-state index in [1.165, 1.54) is 0 Å². The molecule has 0 aliphatic carbocycles. The van der Waals surface area contributed by atoms with Gasteiger partial charge in [0.15, 0.2) is 0 Å². The highest BCUT2D eigenvalue weighted by molar-refractivity contribution is 7.10. The van der Waals surface area contributed by atoms with E-state index in [1.54, 1.807) is 11.3 Å². The minimum atomic E-state index is -0.124. The molecule has 3 aromatic rings. The average molecular weight is 285 g/mol. The minimum absolute atomic E-state index is 0.00809. The second-order valence-corrected chi connectivity index (χ2v) is 5.68. The van der Waals surface area contributed by atoms with Gasteiger partial charge in [0.2, 0.25) is 0 Å². The summed E-state index contributed by atoms with van der Waals surface area (Å²) >= 11 is 1.63. The van der Waals surface area contributed by atoms with E-state index >= 15 is 0 Å². The van der Waals surface area contributed by atoms with Crippen molar-refractivity contribution in [2.75, 3.05) is 5.73 Å². The second-order valence-electron chi connectivity index (χ2n) is 4.71. The van der Waals surface area contributed by atoms with Gasteiger partial charge in [-0.15, -0.1) is 11.3 Å². The monoisotopic (exact) mass is 285 g/mol. The zero-order valence-electron chi connectivity index (χ0n) is 11.0. The van der Waals surface area contributed by atoms with Crippen LogP contribution in [0.1, 0.15) is 28.3 Å². The minimum Gasteiger partial charge on any atom is -0.397 e. The predicted molar refractivity (Wildman–Crippen MR) is 82.9 cm³/mol. The lowest BCUT2D eigenvalue weighted by molar-refractivity contribution is 0.0936. The van der Waals surface area contributed by atoms with E-state index in [2.05, 4.69) is 10.3 Å². The Hall–Kier alpha value is -2.27. The van der Waals surface area contributed by atoms with Crippen LogP contribution >= 0.6 is 11.3 Å². The number of carbonyl (C=O) groups excluding carboxylic acids is 1. The van der Waals surface area contributed by atoms with Gasteiger partial charge in [-0.05, 0) is 30.5 Å². The summed E-state index contributed by atoms with van der Waals surface area (Å²) in [6, 6.07) is 11.4. The van der Waals surface area contributed by atoms with Crippen molar-refractivity contribution in [3.8, 4) is 0 Å². The quantitative estimate of drug-likeness (QED) is 0.646. The molecule has 0 bridgehead atoms. The van der Waals surface area contributed by atoms with Crippen LogP contribution in [0.5, 0.6) is 0 Å². The Bertz CT molecular complexity index is 746. The van der Waals surface area contributed by atoms with E-state index in [-0.39, 0.29) is 11.9 Å². The summed E-state index contributed by atoms with van der Waals surface area (Å²) in [5.41, 5.74) is 7.87. The zero-order chi connectivity index (χ0) is 14.1. The van der Waals surface area contributed by atoms with Gasteiger partial charge in [-0.1, -0.05) is 18.2 Å². The van der Waals surface area contributed by atoms with Crippen molar-refractivity contribution in [3.63, 3.8) is 0 Å². The zero-order valence-corrected chi connectivity index (χ0v) is 11.8. The lowest BCUT2D eigenvalue weighted by Crippen LogP contribution is -2.26. The van der Waals surface area contributed by atoms with Crippen LogP contribution in [0.25, 0.3) is 10.9 Å². The van der Waals surface area contributed by atoms with Gasteiger partial charge < -0.3 is 16.0 Å². The molecule has 0 fully saturated rings. The number of carbonyl (C=O) groups is 1. The molecule has 0 aliphatic rings. The summed E-state index contributed by atoms with van der Waals surface area (Å²) in [7, 11) is 0. The SMILES string of the molecule is CC(NC(=O)c1cc2cccc(N)c2[nH]1)c1cccs1. The van der Waals surface area contributed by atoms with Crippen LogP contribution in [0.15, 0.2) is 41.8 Å². The summed E-state index contributed by atoms with van der Waals surface area (Å²) in [6.45, 7) is 1.97. The molecule has 0 aliphatic heterocycles. The number of aromatic amines is 1. The van der Waals surface area contributed by atoms with Crippen molar-refractivity contribution >= 4 is 33.8 Å². The molecule has 0 saturated heterocycles. The number of nitrogens with one attached hydrogen (secondary N) is 2. The number of nitrogens with two attached hydrogens (primary N) is 1. The molecule has 0 spiro atoms. The van der Waals surface area contributed by atoms with Gasteiger partial charge in [-0.3, -0.25) is 4.79 Å². The van der Waals surface area contributed by atoms with Crippen LogP contribution in [-0.2, 0) is 0 Å². The molecule has 5 heteroatoms. The maximum Gasteiger partial charge on any atom is 0.268 e. The third kappa shape index (κ3) is 2.28. The Morgan fingerprint density at radius 3 is 2.90 bits per heavy atom. The highest BCUT2D eigenvalue weighted by Gasteiger charge is 2.14. The number of rotatable bonds is 3. The molecule has 3 rings (SSSR count). The van der Waals surface area contributed by atoms with Gasteiger partial charge in [-0.2, -0.15) is 0 Å². The third-order valence-electron chi connectivity index (χ3n) is 3.25. The van der Waals surface area contributed by atoms with Crippen molar-refractivity contribution in [2.24, 2.45) is 0 Å². The topological polar surface area (TPSA) is 70.9 Å². The number of hydrogen-bond donors (Lipinski definition) is 3. The van der Waals surface area contributed by atoms with Crippen molar-refractivity contribution in [3.05, 3.63) is 52.3 Å². The molecule has 0 radical (unpaired) electrons. The first-order chi connectivity index (χ1) is 9.65. The number of H-pyrrole nitrogens is 1. The molecular formula is C15H15N3OS. The standard InChI is InChI=1S/C15H15N3OS/c1-9(13-6-3-7-20-13)17-15(19)12-8-10-4-2-5-11(16)14(10)18-12/h2-9,18H,16H2,1H3,(H,17,19). The summed E-state index contributed by atoms with van der Waals surface area (Å²) in [4.78, 5) is 16.5. The number of anilines is 1. The molecule has 1 atom stereocenters. The maximum absolute atomic E-state index is 12.3. The second kappa shape index (κ2) is 5.02. The van der Waals surface area contributed by atoms with Gasteiger partial charge in [0, 0.05) is 10.3 Å².